The quantitative estimate of drug-likeness (QED) is 0.488. The maximum atomic E-state index is 12.6. The molecule has 3 rings (SSSR count). The van der Waals surface area contributed by atoms with Gasteiger partial charge in [0.25, 0.3) is 0 Å². The molecule has 1 aromatic carbocycles. The van der Waals surface area contributed by atoms with Gasteiger partial charge >= 0.3 is 0 Å². The monoisotopic (exact) mass is 423 g/mol. The van der Waals surface area contributed by atoms with Crippen molar-refractivity contribution in [3.63, 3.8) is 0 Å². The molecular formula is C19H22ClN3O2S2. The molecular weight excluding hydrogens is 402 g/mol. The number of alkyl halides is 1. The minimum absolute atomic E-state index is 0.0211. The summed E-state index contributed by atoms with van der Waals surface area (Å²) in [6.07, 6.45) is 2.14. The number of nitrogens with one attached hydrogen (secondary N) is 2. The summed E-state index contributed by atoms with van der Waals surface area (Å²) >= 11 is 8.69. The predicted molar refractivity (Wildman–Crippen MR) is 113 cm³/mol. The molecule has 1 fully saturated rings. The van der Waals surface area contributed by atoms with Crippen molar-refractivity contribution in [2.24, 2.45) is 5.41 Å². The van der Waals surface area contributed by atoms with Crippen molar-refractivity contribution in [1.82, 2.24) is 10.3 Å². The highest BCUT2D eigenvalue weighted by Crippen LogP contribution is 2.38. The van der Waals surface area contributed by atoms with Gasteiger partial charge in [-0.3, -0.25) is 9.59 Å². The predicted octanol–water partition coefficient (Wildman–Crippen LogP) is 4.38. The van der Waals surface area contributed by atoms with Gasteiger partial charge in [-0.15, -0.1) is 11.6 Å². The first-order valence-electron chi connectivity index (χ1n) is 8.75. The molecule has 2 amide bonds. The Morgan fingerprint density at radius 3 is 2.63 bits per heavy atom. The van der Waals surface area contributed by atoms with E-state index in [1.54, 1.807) is 13.8 Å². The lowest BCUT2D eigenvalue weighted by Crippen LogP contribution is -2.32. The van der Waals surface area contributed by atoms with Crippen LogP contribution in [0.25, 0.3) is 11.3 Å². The fraction of sp³-hybridized carbons (Fsp3) is 0.421. The molecule has 5 nitrogen and oxygen atoms in total. The zero-order valence-electron chi connectivity index (χ0n) is 15.3. The number of thiazole rings is 1. The number of rotatable bonds is 8. The maximum Gasteiger partial charge on any atom is 0.231 e. The van der Waals surface area contributed by atoms with Crippen molar-refractivity contribution in [3.05, 3.63) is 30.3 Å². The Morgan fingerprint density at radius 2 is 2.00 bits per heavy atom. The van der Waals surface area contributed by atoms with Gasteiger partial charge in [-0.1, -0.05) is 53.4 Å². The Morgan fingerprint density at radius 1 is 1.30 bits per heavy atom. The first kappa shape index (κ1) is 20.2. The number of aromatic nitrogens is 1. The minimum atomic E-state index is -0.684. The lowest BCUT2D eigenvalue weighted by molar-refractivity contribution is -0.123. The Labute approximate surface area is 172 Å². The van der Waals surface area contributed by atoms with Crippen molar-refractivity contribution in [2.75, 3.05) is 16.9 Å². The van der Waals surface area contributed by atoms with Crippen LogP contribution in [0.2, 0.25) is 0 Å². The van der Waals surface area contributed by atoms with Crippen molar-refractivity contribution < 1.29 is 9.59 Å². The molecule has 0 radical (unpaired) electrons. The summed E-state index contributed by atoms with van der Waals surface area (Å²) in [6.45, 7) is 3.60. The second-order valence-corrected chi connectivity index (χ2v) is 9.61. The second-order valence-electron chi connectivity index (χ2n) is 7.13. The smallest absolute Gasteiger partial charge is 0.231 e. The van der Waals surface area contributed by atoms with Crippen molar-refractivity contribution in [1.29, 1.82) is 0 Å². The molecule has 0 spiro atoms. The molecule has 0 aliphatic heterocycles. The molecule has 8 heteroatoms. The molecule has 27 heavy (non-hydrogen) atoms. The fourth-order valence-corrected chi connectivity index (χ4v) is 4.19. The van der Waals surface area contributed by atoms with Gasteiger partial charge in [-0.05, 0) is 26.7 Å². The average molecular weight is 424 g/mol. The van der Waals surface area contributed by atoms with E-state index in [9.17, 15) is 9.59 Å². The van der Waals surface area contributed by atoms with E-state index in [-0.39, 0.29) is 17.7 Å². The number of amides is 2. The summed E-state index contributed by atoms with van der Waals surface area (Å²) < 4.78 is 0.749. The van der Waals surface area contributed by atoms with Gasteiger partial charge in [-0.2, -0.15) is 0 Å². The SMILES string of the molecule is CC(C)(CCl)C(=O)Nc1sc(SCC(=O)NC2CC2)nc1-c1ccccc1. The van der Waals surface area contributed by atoms with Crippen LogP contribution in [0.4, 0.5) is 5.00 Å². The molecule has 0 atom stereocenters. The highest BCUT2D eigenvalue weighted by Gasteiger charge is 2.28. The van der Waals surface area contributed by atoms with Crippen LogP contribution < -0.4 is 10.6 Å². The molecule has 0 bridgehead atoms. The van der Waals surface area contributed by atoms with E-state index in [1.165, 1.54) is 23.1 Å². The number of nitrogens with zero attached hydrogens (tertiary/aromatic N) is 1. The van der Waals surface area contributed by atoms with Gasteiger partial charge < -0.3 is 10.6 Å². The fourth-order valence-electron chi connectivity index (χ4n) is 2.20. The average Bonchev–Trinajstić information content (AvgIpc) is 3.38. The maximum absolute atomic E-state index is 12.6. The first-order chi connectivity index (χ1) is 12.9. The molecule has 2 N–H and O–H groups in total. The van der Waals surface area contributed by atoms with E-state index in [0.717, 1.165) is 22.7 Å². The van der Waals surface area contributed by atoms with Gasteiger partial charge in [0.1, 0.15) is 10.7 Å². The summed E-state index contributed by atoms with van der Waals surface area (Å²) in [5.41, 5.74) is 0.947. The van der Waals surface area contributed by atoms with Crippen LogP contribution >= 0.6 is 34.7 Å². The number of benzene rings is 1. The Hall–Kier alpha value is -1.57. The van der Waals surface area contributed by atoms with Gasteiger partial charge in [0.15, 0.2) is 4.34 Å². The molecule has 0 saturated heterocycles. The zero-order chi connectivity index (χ0) is 19.4. The van der Waals surface area contributed by atoms with Gasteiger partial charge in [-0.25, -0.2) is 4.98 Å². The van der Waals surface area contributed by atoms with Crippen molar-refractivity contribution >= 4 is 51.5 Å². The third-order valence-corrected chi connectivity index (χ3v) is 6.88. The lowest BCUT2D eigenvalue weighted by atomic mass is 9.95. The van der Waals surface area contributed by atoms with E-state index in [2.05, 4.69) is 15.6 Å². The summed E-state index contributed by atoms with van der Waals surface area (Å²) in [6, 6.07) is 10.0. The number of anilines is 1. The molecule has 1 heterocycles. The van der Waals surface area contributed by atoms with Crippen LogP contribution in [-0.4, -0.2) is 34.5 Å². The van der Waals surface area contributed by atoms with Crippen molar-refractivity contribution in [2.45, 2.75) is 37.1 Å². The van der Waals surface area contributed by atoms with Crippen molar-refractivity contribution in [3.8, 4) is 11.3 Å². The zero-order valence-corrected chi connectivity index (χ0v) is 17.6. The number of thioether (sulfide) groups is 1. The second kappa shape index (κ2) is 8.63. The number of carbonyl (C=O) groups excluding carboxylic acids is 2. The number of halogens is 1. The van der Waals surface area contributed by atoms with Crippen LogP contribution in [0, 0.1) is 5.41 Å². The Kier molecular flexibility index (Phi) is 6.44. The largest absolute Gasteiger partial charge is 0.353 e. The highest BCUT2D eigenvalue weighted by molar-refractivity contribution is 8.01. The van der Waals surface area contributed by atoms with E-state index in [4.69, 9.17) is 11.6 Å². The summed E-state index contributed by atoms with van der Waals surface area (Å²) in [5, 5.41) is 6.61. The van der Waals surface area contributed by atoms with Crippen LogP contribution in [0.15, 0.2) is 34.7 Å². The normalized spacial score (nSPS) is 14.0. The lowest BCUT2D eigenvalue weighted by Gasteiger charge is -2.19. The molecule has 1 aromatic heterocycles. The molecule has 144 valence electrons. The Bertz CT molecular complexity index is 820. The first-order valence-corrected chi connectivity index (χ1v) is 11.1. The molecule has 0 unspecified atom stereocenters. The summed E-state index contributed by atoms with van der Waals surface area (Å²) in [5.74, 6) is 0.411. The van der Waals surface area contributed by atoms with Crippen LogP contribution in [0.3, 0.4) is 0 Å². The summed E-state index contributed by atoms with van der Waals surface area (Å²) in [4.78, 5) is 29.2. The number of carbonyl (C=O) groups is 2. The van der Waals surface area contributed by atoms with E-state index in [1.807, 2.05) is 30.3 Å². The van der Waals surface area contributed by atoms with E-state index >= 15 is 0 Å². The van der Waals surface area contributed by atoms with Crippen LogP contribution in [-0.2, 0) is 9.59 Å². The standard InChI is InChI=1S/C19H22ClN3O2S2/c1-19(2,11-20)17(25)23-16-15(12-6-4-3-5-7-12)22-18(27-16)26-10-14(24)21-13-8-9-13/h3-7,13H,8-11H2,1-2H3,(H,21,24)(H,23,25). The highest BCUT2D eigenvalue weighted by atomic mass is 35.5. The van der Waals surface area contributed by atoms with Gasteiger partial charge in [0.05, 0.1) is 11.2 Å². The molecule has 1 aliphatic carbocycles. The van der Waals surface area contributed by atoms with Crippen LogP contribution in [0.1, 0.15) is 26.7 Å². The molecule has 1 saturated carbocycles. The third-order valence-electron chi connectivity index (χ3n) is 4.10. The Balaban J connectivity index is 1.78. The van der Waals surface area contributed by atoms with Gasteiger partial charge in [0.2, 0.25) is 11.8 Å². The van der Waals surface area contributed by atoms with E-state index < -0.39 is 5.41 Å². The van der Waals surface area contributed by atoms with Crippen LogP contribution in [0.5, 0.6) is 0 Å². The number of hydrogen-bond acceptors (Lipinski definition) is 5. The third kappa shape index (κ3) is 5.46. The molecule has 1 aliphatic rings. The van der Waals surface area contributed by atoms with E-state index in [0.29, 0.717) is 22.5 Å². The molecule has 2 aromatic rings. The summed E-state index contributed by atoms with van der Waals surface area (Å²) in [7, 11) is 0. The minimum Gasteiger partial charge on any atom is -0.353 e. The topological polar surface area (TPSA) is 71.1 Å². The van der Waals surface area contributed by atoms with Gasteiger partial charge in [0, 0.05) is 17.5 Å². The number of hydrogen-bond donors (Lipinski definition) is 2.